The summed E-state index contributed by atoms with van der Waals surface area (Å²) in [6.07, 6.45) is 2.00. The van der Waals surface area contributed by atoms with Crippen LogP contribution < -0.4 is 4.72 Å². The van der Waals surface area contributed by atoms with Gasteiger partial charge >= 0.3 is 5.97 Å². The Balaban J connectivity index is 3.26. The van der Waals surface area contributed by atoms with Gasteiger partial charge in [0.05, 0.1) is 10.5 Å². The molecule has 0 unspecified atom stereocenters. The summed E-state index contributed by atoms with van der Waals surface area (Å²) in [6.45, 7) is 5.79. The van der Waals surface area contributed by atoms with E-state index in [0.29, 0.717) is 23.7 Å². The molecule has 1 aromatic rings. The van der Waals surface area contributed by atoms with Crippen molar-refractivity contribution in [2.24, 2.45) is 0 Å². The van der Waals surface area contributed by atoms with Gasteiger partial charge in [0, 0.05) is 10.0 Å². The number of halogens is 1. The second-order valence-corrected chi connectivity index (χ2v) is 7.43. The van der Waals surface area contributed by atoms with E-state index in [9.17, 15) is 13.2 Å². The first-order valence-corrected chi connectivity index (χ1v) is 9.05. The lowest BCUT2D eigenvalue weighted by atomic mass is 9.91. The zero-order valence-electron chi connectivity index (χ0n) is 12.3. The number of hydrogen-bond donors (Lipinski definition) is 2. The number of benzene rings is 1. The van der Waals surface area contributed by atoms with E-state index in [-0.39, 0.29) is 10.5 Å². The first kappa shape index (κ1) is 18.1. The third kappa shape index (κ3) is 4.05. The van der Waals surface area contributed by atoms with Crippen LogP contribution >= 0.6 is 15.9 Å². The second kappa shape index (κ2) is 6.89. The van der Waals surface area contributed by atoms with Crippen LogP contribution in [0.3, 0.4) is 0 Å². The van der Waals surface area contributed by atoms with Gasteiger partial charge in [-0.2, -0.15) is 0 Å². The molecule has 21 heavy (non-hydrogen) atoms. The Morgan fingerprint density at radius 1 is 1.24 bits per heavy atom. The Labute approximate surface area is 133 Å². The molecule has 0 spiro atoms. The van der Waals surface area contributed by atoms with Crippen molar-refractivity contribution in [2.75, 3.05) is 0 Å². The van der Waals surface area contributed by atoms with Crippen LogP contribution in [0.1, 0.15) is 50.4 Å². The summed E-state index contributed by atoms with van der Waals surface area (Å²) < 4.78 is 28.1. The maximum atomic E-state index is 12.5. The van der Waals surface area contributed by atoms with Gasteiger partial charge in [-0.05, 0) is 53.4 Å². The second-order valence-electron chi connectivity index (χ2n) is 4.89. The number of carboxylic acids is 1. The Morgan fingerprint density at radius 3 is 2.19 bits per heavy atom. The summed E-state index contributed by atoms with van der Waals surface area (Å²) in [5.74, 6) is -1.17. The van der Waals surface area contributed by atoms with Gasteiger partial charge in [0.25, 0.3) is 0 Å². The molecule has 0 saturated carbocycles. The highest BCUT2D eigenvalue weighted by molar-refractivity contribution is 9.10. The van der Waals surface area contributed by atoms with Gasteiger partial charge in [0.15, 0.2) is 0 Å². The average molecular weight is 378 g/mol. The predicted molar refractivity (Wildman–Crippen MR) is 85.0 cm³/mol. The zero-order valence-corrected chi connectivity index (χ0v) is 14.7. The van der Waals surface area contributed by atoms with Crippen LogP contribution in [0, 0.1) is 0 Å². The largest absolute Gasteiger partial charge is 0.478 e. The van der Waals surface area contributed by atoms with Gasteiger partial charge in [0.2, 0.25) is 10.0 Å². The van der Waals surface area contributed by atoms with Crippen molar-refractivity contribution < 1.29 is 18.3 Å². The van der Waals surface area contributed by atoms with E-state index in [1.807, 2.05) is 20.8 Å². The predicted octanol–water partition coefficient (Wildman–Crippen LogP) is 3.39. The first-order chi connectivity index (χ1) is 9.71. The Hall–Kier alpha value is -0.920. The van der Waals surface area contributed by atoms with Gasteiger partial charge in [-0.15, -0.1) is 0 Å². The van der Waals surface area contributed by atoms with Gasteiger partial charge in [-0.25, -0.2) is 17.9 Å². The summed E-state index contributed by atoms with van der Waals surface area (Å²) in [7, 11) is -3.76. The zero-order chi connectivity index (χ0) is 16.3. The standard InChI is InChI=1S/C14H20BrNO4S/c1-4-14(5-2,6-3)16-21(19,20)10-7-8-12(15)11(9-10)13(17)18/h7-9,16H,4-6H2,1-3H3,(H,17,18). The Morgan fingerprint density at radius 2 is 1.76 bits per heavy atom. The fourth-order valence-corrected chi connectivity index (χ4v) is 4.20. The molecule has 0 fully saturated rings. The highest BCUT2D eigenvalue weighted by Crippen LogP contribution is 2.25. The highest BCUT2D eigenvalue weighted by Gasteiger charge is 2.30. The molecule has 0 saturated heterocycles. The summed E-state index contributed by atoms with van der Waals surface area (Å²) in [4.78, 5) is 11.1. The third-order valence-corrected chi connectivity index (χ3v) is 6.13. The normalized spacial score (nSPS) is 12.4. The van der Waals surface area contributed by atoms with Crippen LogP contribution in [-0.4, -0.2) is 25.0 Å². The summed E-state index contributed by atoms with van der Waals surface area (Å²) in [5, 5.41) is 9.08. The molecule has 0 aromatic heterocycles. The molecule has 5 nitrogen and oxygen atoms in total. The Kier molecular flexibility index (Phi) is 5.95. The van der Waals surface area contributed by atoms with E-state index >= 15 is 0 Å². The van der Waals surface area contributed by atoms with E-state index in [1.54, 1.807) is 0 Å². The summed E-state index contributed by atoms with van der Waals surface area (Å²) in [6, 6.07) is 3.99. The van der Waals surface area contributed by atoms with E-state index in [1.165, 1.54) is 18.2 Å². The number of carboxylic acid groups (broad SMARTS) is 1. The molecule has 2 N–H and O–H groups in total. The molecular formula is C14H20BrNO4S. The van der Waals surface area contributed by atoms with Crippen molar-refractivity contribution in [1.82, 2.24) is 4.72 Å². The molecule has 0 amide bonds. The molecule has 0 bridgehead atoms. The average Bonchev–Trinajstić information content (AvgIpc) is 2.44. The molecule has 7 heteroatoms. The molecular weight excluding hydrogens is 358 g/mol. The van der Waals surface area contributed by atoms with Crippen molar-refractivity contribution in [3.63, 3.8) is 0 Å². The van der Waals surface area contributed by atoms with E-state index < -0.39 is 21.5 Å². The number of rotatable bonds is 7. The van der Waals surface area contributed by atoms with Gasteiger partial charge in [-0.3, -0.25) is 0 Å². The maximum absolute atomic E-state index is 12.5. The van der Waals surface area contributed by atoms with Crippen molar-refractivity contribution in [2.45, 2.75) is 50.5 Å². The highest BCUT2D eigenvalue weighted by atomic mass is 79.9. The van der Waals surface area contributed by atoms with E-state index in [2.05, 4.69) is 20.7 Å². The summed E-state index contributed by atoms with van der Waals surface area (Å²) in [5.41, 5.74) is -0.581. The minimum absolute atomic E-state index is 0.0391. The van der Waals surface area contributed by atoms with Crippen LogP contribution in [-0.2, 0) is 10.0 Å². The first-order valence-electron chi connectivity index (χ1n) is 6.78. The smallest absolute Gasteiger partial charge is 0.336 e. The Bertz CT molecular complexity index is 616. The number of hydrogen-bond acceptors (Lipinski definition) is 3. The molecule has 0 aliphatic carbocycles. The van der Waals surface area contributed by atoms with E-state index in [0.717, 1.165) is 0 Å². The topological polar surface area (TPSA) is 83.5 Å². The van der Waals surface area contributed by atoms with Gasteiger partial charge < -0.3 is 5.11 Å². The van der Waals surface area contributed by atoms with Crippen LogP contribution in [0.15, 0.2) is 27.6 Å². The summed E-state index contributed by atoms with van der Waals surface area (Å²) >= 11 is 3.10. The number of nitrogens with one attached hydrogen (secondary N) is 1. The van der Waals surface area contributed by atoms with Crippen molar-refractivity contribution in [3.05, 3.63) is 28.2 Å². The van der Waals surface area contributed by atoms with Crippen molar-refractivity contribution in [3.8, 4) is 0 Å². The minimum atomic E-state index is -3.76. The minimum Gasteiger partial charge on any atom is -0.478 e. The molecule has 0 heterocycles. The lowest BCUT2D eigenvalue weighted by molar-refractivity contribution is 0.0695. The molecule has 1 rings (SSSR count). The molecule has 0 atom stereocenters. The quantitative estimate of drug-likeness (QED) is 0.762. The lowest BCUT2D eigenvalue weighted by Gasteiger charge is -2.31. The van der Waals surface area contributed by atoms with Crippen molar-refractivity contribution >= 4 is 31.9 Å². The lowest BCUT2D eigenvalue weighted by Crippen LogP contribution is -2.46. The van der Waals surface area contributed by atoms with Crippen LogP contribution in [0.25, 0.3) is 0 Å². The molecule has 0 aliphatic heterocycles. The monoisotopic (exact) mass is 377 g/mol. The molecule has 1 aromatic carbocycles. The fraction of sp³-hybridized carbons (Fsp3) is 0.500. The molecule has 0 aliphatic rings. The van der Waals surface area contributed by atoms with E-state index in [4.69, 9.17) is 5.11 Å². The number of sulfonamides is 1. The molecule has 118 valence electrons. The fourth-order valence-electron chi connectivity index (χ4n) is 2.15. The maximum Gasteiger partial charge on any atom is 0.336 e. The van der Waals surface area contributed by atoms with Crippen LogP contribution in [0.2, 0.25) is 0 Å². The third-order valence-electron chi connectivity index (χ3n) is 3.86. The number of carbonyl (C=O) groups is 1. The van der Waals surface area contributed by atoms with Gasteiger partial charge in [-0.1, -0.05) is 20.8 Å². The van der Waals surface area contributed by atoms with Crippen molar-refractivity contribution in [1.29, 1.82) is 0 Å². The number of aromatic carboxylic acids is 1. The van der Waals surface area contributed by atoms with Crippen LogP contribution in [0.4, 0.5) is 0 Å². The van der Waals surface area contributed by atoms with Gasteiger partial charge in [0.1, 0.15) is 0 Å². The van der Waals surface area contributed by atoms with Crippen LogP contribution in [0.5, 0.6) is 0 Å². The molecule has 0 radical (unpaired) electrons. The SMILES string of the molecule is CCC(CC)(CC)NS(=O)(=O)c1ccc(Br)c(C(=O)O)c1.